The van der Waals surface area contributed by atoms with Crippen molar-refractivity contribution >= 4 is 33.6 Å². The van der Waals surface area contributed by atoms with Crippen LogP contribution in [-0.4, -0.2) is 40.1 Å². The minimum Gasteiger partial charge on any atom is -0.347 e. The van der Waals surface area contributed by atoms with Gasteiger partial charge in [-0.25, -0.2) is 4.98 Å². The fraction of sp³-hybridized carbons (Fsp3) is 0.556. The third-order valence-corrected chi connectivity index (χ3v) is 4.65. The largest absolute Gasteiger partial charge is 0.347 e. The molecule has 2 rings (SSSR count). The molecule has 6 heteroatoms. The van der Waals surface area contributed by atoms with Gasteiger partial charge < -0.3 is 4.90 Å². The topological polar surface area (TPSA) is 50.3 Å². The standard InChI is InChI=1S/C9H12N2O2S2/c12-7-8-6-10-9(14-8)11-2-1-4-15(13)5-3-11/h6-7H,1-5H2. The Labute approximate surface area is 94.8 Å². The van der Waals surface area contributed by atoms with Crippen molar-refractivity contribution in [1.29, 1.82) is 0 Å². The van der Waals surface area contributed by atoms with Crippen molar-refractivity contribution in [2.24, 2.45) is 0 Å². The van der Waals surface area contributed by atoms with Crippen LogP contribution >= 0.6 is 11.3 Å². The van der Waals surface area contributed by atoms with Gasteiger partial charge in [-0.15, -0.1) is 0 Å². The van der Waals surface area contributed by atoms with Gasteiger partial charge in [0, 0.05) is 35.4 Å². The highest BCUT2D eigenvalue weighted by atomic mass is 32.2. The second kappa shape index (κ2) is 4.85. The number of rotatable bonds is 2. The van der Waals surface area contributed by atoms with Crippen LogP contribution in [0, 0.1) is 0 Å². The Balaban J connectivity index is 2.09. The van der Waals surface area contributed by atoms with Crippen LogP contribution in [0.5, 0.6) is 0 Å². The predicted molar refractivity (Wildman–Crippen MR) is 62.2 cm³/mol. The maximum atomic E-state index is 11.3. The van der Waals surface area contributed by atoms with E-state index < -0.39 is 10.8 Å². The van der Waals surface area contributed by atoms with Crippen LogP contribution in [0.3, 0.4) is 0 Å². The van der Waals surface area contributed by atoms with Gasteiger partial charge >= 0.3 is 0 Å². The third kappa shape index (κ3) is 2.63. The fourth-order valence-electron chi connectivity index (χ4n) is 1.51. The number of hydrogen-bond donors (Lipinski definition) is 0. The normalized spacial score (nSPS) is 22.4. The van der Waals surface area contributed by atoms with Crippen LogP contribution in [0.15, 0.2) is 6.20 Å². The zero-order valence-electron chi connectivity index (χ0n) is 8.22. The molecule has 0 saturated carbocycles. The number of anilines is 1. The number of carbonyl (C=O) groups is 1. The van der Waals surface area contributed by atoms with Gasteiger partial charge in [0.2, 0.25) is 0 Å². The minimum atomic E-state index is -0.681. The number of aldehydes is 1. The van der Waals surface area contributed by atoms with Crippen molar-refractivity contribution in [3.63, 3.8) is 0 Å². The van der Waals surface area contributed by atoms with Gasteiger partial charge in [0.05, 0.1) is 11.1 Å². The molecule has 0 radical (unpaired) electrons. The van der Waals surface area contributed by atoms with Crippen LogP contribution in [-0.2, 0) is 10.8 Å². The van der Waals surface area contributed by atoms with Gasteiger partial charge in [-0.1, -0.05) is 11.3 Å². The van der Waals surface area contributed by atoms with E-state index >= 15 is 0 Å². The molecule has 1 unspecified atom stereocenters. The third-order valence-electron chi connectivity index (χ3n) is 2.29. The summed E-state index contributed by atoms with van der Waals surface area (Å²) in [6, 6.07) is 0. The molecule has 2 heterocycles. The van der Waals surface area contributed by atoms with Crippen molar-refractivity contribution in [2.75, 3.05) is 29.5 Å². The summed E-state index contributed by atoms with van der Waals surface area (Å²) in [7, 11) is -0.681. The second-order valence-electron chi connectivity index (χ2n) is 3.35. The number of nitrogens with zero attached hydrogens (tertiary/aromatic N) is 2. The van der Waals surface area contributed by atoms with Gasteiger partial charge in [-0.2, -0.15) is 0 Å². The Morgan fingerprint density at radius 3 is 3.07 bits per heavy atom. The number of thiazole rings is 1. The summed E-state index contributed by atoms with van der Waals surface area (Å²) < 4.78 is 11.3. The molecule has 1 saturated heterocycles. The molecule has 1 aliphatic rings. The SMILES string of the molecule is O=Cc1cnc(N2CCCS(=O)CC2)s1. The summed E-state index contributed by atoms with van der Waals surface area (Å²) in [5.74, 6) is 1.48. The van der Waals surface area contributed by atoms with E-state index in [2.05, 4.69) is 9.88 Å². The lowest BCUT2D eigenvalue weighted by atomic mass is 10.4. The van der Waals surface area contributed by atoms with Gasteiger partial charge in [-0.3, -0.25) is 9.00 Å². The molecule has 15 heavy (non-hydrogen) atoms. The molecule has 0 bridgehead atoms. The summed E-state index contributed by atoms with van der Waals surface area (Å²) in [6.07, 6.45) is 3.34. The molecule has 1 aromatic rings. The number of carbonyl (C=O) groups excluding carboxylic acids is 1. The lowest BCUT2D eigenvalue weighted by Crippen LogP contribution is -2.25. The monoisotopic (exact) mass is 244 g/mol. The molecular formula is C9H12N2O2S2. The Bertz CT molecular complexity index is 378. The summed E-state index contributed by atoms with van der Waals surface area (Å²) in [5, 5.41) is 0.871. The second-order valence-corrected chi connectivity index (χ2v) is 6.09. The van der Waals surface area contributed by atoms with E-state index in [1.165, 1.54) is 11.3 Å². The zero-order chi connectivity index (χ0) is 10.7. The minimum absolute atomic E-state index is 0.648. The Kier molecular flexibility index (Phi) is 3.48. The number of hydrogen-bond acceptors (Lipinski definition) is 5. The zero-order valence-corrected chi connectivity index (χ0v) is 9.85. The van der Waals surface area contributed by atoms with Crippen LogP contribution < -0.4 is 4.90 Å². The molecule has 4 nitrogen and oxygen atoms in total. The highest BCUT2D eigenvalue weighted by molar-refractivity contribution is 7.85. The van der Waals surface area contributed by atoms with Crippen LogP contribution in [0.4, 0.5) is 5.13 Å². The molecule has 0 aliphatic carbocycles. The molecule has 0 aromatic carbocycles. The van der Waals surface area contributed by atoms with Crippen molar-refractivity contribution in [3.05, 3.63) is 11.1 Å². The van der Waals surface area contributed by atoms with Crippen molar-refractivity contribution in [3.8, 4) is 0 Å². The maximum Gasteiger partial charge on any atom is 0.185 e. The Hall–Kier alpha value is -0.750. The van der Waals surface area contributed by atoms with E-state index in [1.54, 1.807) is 6.20 Å². The summed E-state index contributed by atoms with van der Waals surface area (Å²) in [4.78, 5) is 17.5. The first-order valence-corrected chi connectivity index (χ1v) is 7.11. The summed E-state index contributed by atoms with van der Waals surface area (Å²) >= 11 is 1.40. The van der Waals surface area contributed by atoms with Gasteiger partial charge in [0.1, 0.15) is 0 Å². The quantitative estimate of drug-likeness (QED) is 0.726. The van der Waals surface area contributed by atoms with Crippen molar-refractivity contribution < 1.29 is 9.00 Å². The first-order chi connectivity index (χ1) is 7.29. The fourth-order valence-corrected chi connectivity index (χ4v) is 3.37. The van der Waals surface area contributed by atoms with Crippen molar-refractivity contribution in [1.82, 2.24) is 4.98 Å². The van der Waals surface area contributed by atoms with Gasteiger partial charge in [0.15, 0.2) is 11.4 Å². The van der Waals surface area contributed by atoms with Gasteiger partial charge in [-0.05, 0) is 6.42 Å². The van der Waals surface area contributed by atoms with E-state index in [0.717, 1.165) is 36.7 Å². The Morgan fingerprint density at radius 1 is 1.47 bits per heavy atom. The molecule has 1 aromatic heterocycles. The van der Waals surface area contributed by atoms with Crippen LogP contribution in [0.2, 0.25) is 0 Å². The van der Waals surface area contributed by atoms with Crippen molar-refractivity contribution in [2.45, 2.75) is 6.42 Å². The first-order valence-electron chi connectivity index (χ1n) is 4.80. The van der Waals surface area contributed by atoms with Gasteiger partial charge in [0.25, 0.3) is 0 Å². The van der Waals surface area contributed by atoms with E-state index in [0.29, 0.717) is 10.6 Å². The van der Waals surface area contributed by atoms with E-state index in [-0.39, 0.29) is 0 Å². The molecule has 1 atom stereocenters. The molecule has 1 fully saturated rings. The average Bonchev–Trinajstić information content (AvgIpc) is 2.62. The molecule has 0 N–H and O–H groups in total. The Morgan fingerprint density at radius 2 is 2.33 bits per heavy atom. The lowest BCUT2D eigenvalue weighted by molar-refractivity contribution is 0.112. The van der Waals surface area contributed by atoms with Crippen LogP contribution in [0.1, 0.15) is 16.1 Å². The van der Waals surface area contributed by atoms with E-state index in [4.69, 9.17) is 0 Å². The van der Waals surface area contributed by atoms with E-state index in [9.17, 15) is 9.00 Å². The predicted octanol–water partition coefficient (Wildman–Crippen LogP) is 0.914. The molecule has 0 amide bonds. The lowest BCUT2D eigenvalue weighted by Gasteiger charge is -2.17. The van der Waals surface area contributed by atoms with E-state index in [1.807, 2.05) is 0 Å². The highest BCUT2D eigenvalue weighted by Gasteiger charge is 2.16. The first kappa shape index (κ1) is 10.8. The smallest absolute Gasteiger partial charge is 0.185 e. The highest BCUT2D eigenvalue weighted by Crippen LogP contribution is 2.22. The average molecular weight is 244 g/mol. The molecule has 82 valence electrons. The van der Waals surface area contributed by atoms with Crippen LogP contribution in [0.25, 0.3) is 0 Å². The maximum absolute atomic E-state index is 11.3. The summed E-state index contributed by atoms with van der Waals surface area (Å²) in [6.45, 7) is 1.66. The molecular weight excluding hydrogens is 232 g/mol. The number of aromatic nitrogens is 1. The molecule has 1 aliphatic heterocycles. The molecule has 0 spiro atoms. The summed E-state index contributed by atoms with van der Waals surface area (Å²) in [5.41, 5.74) is 0.